The fraction of sp³-hybridized carbons (Fsp3) is 0.353. The summed E-state index contributed by atoms with van der Waals surface area (Å²) in [5.74, 6) is 0.938. The summed E-state index contributed by atoms with van der Waals surface area (Å²) >= 11 is 0. The first-order valence-electron chi connectivity index (χ1n) is 14.7. The summed E-state index contributed by atoms with van der Waals surface area (Å²) < 4.78 is 39.2. The third kappa shape index (κ3) is 7.33. The smallest absolute Gasteiger partial charge is 0.336 e. The molecule has 11 nitrogen and oxygen atoms in total. The summed E-state index contributed by atoms with van der Waals surface area (Å²) in [6.45, 7) is 4.39. The number of hydrogen-bond acceptors (Lipinski definition) is 10. The van der Waals surface area contributed by atoms with Crippen molar-refractivity contribution in [3.05, 3.63) is 76.9 Å². The van der Waals surface area contributed by atoms with Crippen molar-refractivity contribution in [3.8, 4) is 34.5 Å². The molecule has 2 heterocycles. The van der Waals surface area contributed by atoms with Crippen molar-refractivity contribution in [2.75, 3.05) is 67.6 Å². The van der Waals surface area contributed by atoms with Crippen LogP contribution in [0.2, 0.25) is 0 Å². The van der Waals surface area contributed by atoms with Gasteiger partial charge < -0.3 is 38.3 Å². The minimum Gasteiger partial charge on any atom is -0.497 e. The molecule has 238 valence electrons. The first-order chi connectivity index (χ1) is 21.9. The molecule has 0 aromatic heterocycles. The maximum absolute atomic E-state index is 14.2. The largest absolute Gasteiger partial charge is 0.497 e. The molecule has 0 spiro atoms. The lowest BCUT2D eigenvalue weighted by molar-refractivity contribution is -0.130. The number of ketones is 1. The first kappa shape index (κ1) is 31.7. The van der Waals surface area contributed by atoms with E-state index in [-0.39, 0.29) is 24.4 Å². The molecular formula is C34H37NO10. The molecule has 0 radical (unpaired) electrons. The van der Waals surface area contributed by atoms with Gasteiger partial charge in [-0.05, 0) is 54.4 Å². The summed E-state index contributed by atoms with van der Waals surface area (Å²) in [4.78, 5) is 29.5. The highest BCUT2D eigenvalue weighted by molar-refractivity contribution is 6.26. The quantitative estimate of drug-likeness (QED) is 0.156. The summed E-state index contributed by atoms with van der Waals surface area (Å²) in [6, 6.07) is 14.8. The van der Waals surface area contributed by atoms with Crippen molar-refractivity contribution < 1.29 is 47.9 Å². The number of benzene rings is 3. The minimum atomic E-state index is -1.26. The van der Waals surface area contributed by atoms with Crippen LogP contribution in [0.1, 0.15) is 27.9 Å². The lowest BCUT2D eigenvalue weighted by atomic mass is 9.89. The molecule has 2 aliphatic heterocycles. The van der Waals surface area contributed by atoms with E-state index in [0.717, 1.165) is 26.1 Å². The molecule has 5 rings (SSSR count). The van der Waals surface area contributed by atoms with E-state index in [2.05, 4.69) is 4.90 Å². The van der Waals surface area contributed by atoms with Crippen LogP contribution in [0, 0.1) is 0 Å². The number of ether oxygens (including phenoxy) is 7. The van der Waals surface area contributed by atoms with Gasteiger partial charge in [0.15, 0.2) is 28.8 Å². The number of nitrogens with zero attached hydrogens (tertiary/aromatic N) is 1. The van der Waals surface area contributed by atoms with Gasteiger partial charge in [-0.1, -0.05) is 12.1 Å². The van der Waals surface area contributed by atoms with Gasteiger partial charge in [0.25, 0.3) is 0 Å². The van der Waals surface area contributed by atoms with Crippen LogP contribution in [0.4, 0.5) is 0 Å². The molecule has 2 aliphatic rings. The lowest BCUT2D eigenvalue weighted by Crippen LogP contribution is -2.37. The molecule has 1 fully saturated rings. The number of carbonyl (C=O) groups excluding carboxylic acids is 1. The van der Waals surface area contributed by atoms with Crippen molar-refractivity contribution in [1.29, 1.82) is 0 Å². The molecule has 0 saturated carbocycles. The number of carboxylic acid groups (broad SMARTS) is 1. The SMILES string of the molecule is COc1ccc(C(=O)/C(Cc2ccc(OC)c(OC)c2OCCCN2CCOCC2)=C(/C(=O)O)c2ccc3c(c2)OCO3)cc1. The number of hydrogen-bond donors (Lipinski definition) is 1. The predicted octanol–water partition coefficient (Wildman–Crippen LogP) is 4.51. The van der Waals surface area contributed by atoms with E-state index in [4.69, 9.17) is 33.2 Å². The zero-order valence-corrected chi connectivity index (χ0v) is 25.6. The third-order valence-electron chi connectivity index (χ3n) is 7.72. The fourth-order valence-electron chi connectivity index (χ4n) is 5.39. The molecule has 0 amide bonds. The minimum absolute atomic E-state index is 0.0282. The van der Waals surface area contributed by atoms with Crippen LogP contribution in [0.5, 0.6) is 34.5 Å². The average molecular weight is 620 g/mol. The van der Waals surface area contributed by atoms with Crippen LogP contribution >= 0.6 is 0 Å². The Morgan fingerprint density at radius 1 is 0.844 bits per heavy atom. The fourth-order valence-corrected chi connectivity index (χ4v) is 5.39. The van der Waals surface area contributed by atoms with E-state index >= 15 is 0 Å². The normalized spacial score (nSPS) is 14.8. The number of methoxy groups -OCH3 is 3. The average Bonchev–Trinajstić information content (AvgIpc) is 3.55. The number of rotatable bonds is 14. The molecule has 3 aromatic carbocycles. The Morgan fingerprint density at radius 2 is 1.58 bits per heavy atom. The van der Waals surface area contributed by atoms with Crippen molar-refractivity contribution in [2.45, 2.75) is 12.8 Å². The summed E-state index contributed by atoms with van der Waals surface area (Å²) in [5.41, 5.74) is 1.06. The van der Waals surface area contributed by atoms with E-state index in [9.17, 15) is 14.7 Å². The Balaban J connectivity index is 1.56. The summed E-state index contributed by atoms with van der Waals surface area (Å²) in [5, 5.41) is 10.6. The second-order valence-electron chi connectivity index (χ2n) is 10.4. The molecule has 0 atom stereocenters. The Morgan fingerprint density at radius 3 is 2.27 bits per heavy atom. The maximum Gasteiger partial charge on any atom is 0.336 e. The van der Waals surface area contributed by atoms with Gasteiger partial charge in [-0.2, -0.15) is 0 Å². The molecule has 0 bridgehead atoms. The Labute approximate surface area is 261 Å². The van der Waals surface area contributed by atoms with Gasteiger partial charge in [0.2, 0.25) is 12.5 Å². The molecule has 1 N–H and O–H groups in total. The lowest BCUT2D eigenvalue weighted by Gasteiger charge is -2.26. The topological polar surface area (TPSA) is 122 Å². The van der Waals surface area contributed by atoms with Gasteiger partial charge in [0.05, 0.1) is 46.7 Å². The second-order valence-corrected chi connectivity index (χ2v) is 10.4. The molecule has 45 heavy (non-hydrogen) atoms. The maximum atomic E-state index is 14.2. The number of carboxylic acids is 1. The van der Waals surface area contributed by atoms with Crippen molar-refractivity contribution in [2.24, 2.45) is 0 Å². The van der Waals surface area contributed by atoms with Gasteiger partial charge in [0, 0.05) is 42.8 Å². The second kappa shape index (κ2) is 14.8. The van der Waals surface area contributed by atoms with Crippen molar-refractivity contribution in [1.82, 2.24) is 4.90 Å². The molecule has 3 aromatic rings. The third-order valence-corrected chi connectivity index (χ3v) is 7.72. The van der Waals surface area contributed by atoms with Gasteiger partial charge in [0.1, 0.15) is 5.75 Å². The highest BCUT2D eigenvalue weighted by atomic mass is 16.7. The van der Waals surface area contributed by atoms with E-state index in [1.54, 1.807) is 54.6 Å². The molecule has 0 aliphatic carbocycles. The highest BCUT2D eigenvalue weighted by Crippen LogP contribution is 2.42. The first-order valence-corrected chi connectivity index (χ1v) is 14.7. The van der Waals surface area contributed by atoms with Crippen LogP contribution in [-0.2, 0) is 16.0 Å². The molecule has 0 unspecified atom stereocenters. The monoisotopic (exact) mass is 619 g/mol. The Bertz CT molecular complexity index is 1540. The summed E-state index contributed by atoms with van der Waals surface area (Å²) in [6.07, 6.45) is 0.672. The molecule has 11 heteroatoms. The van der Waals surface area contributed by atoms with Gasteiger partial charge in [-0.3, -0.25) is 9.69 Å². The number of aliphatic carboxylic acids is 1. The van der Waals surface area contributed by atoms with E-state index in [1.807, 2.05) is 0 Å². The van der Waals surface area contributed by atoms with Crippen LogP contribution < -0.4 is 28.4 Å². The van der Waals surface area contributed by atoms with Gasteiger partial charge >= 0.3 is 5.97 Å². The zero-order valence-electron chi connectivity index (χ0n) is 25.6. The van der Waals surface area contributed by atoms with Crippen LogP contribution in [0.3, 0.4) is 0 Å². The van der Waals surface area contributed by atoms with Crippen LogP contribution in [0.15, 0.2) is 60.2 Å². The number of morpholine rings is 1. The number of Topliss-reactive ketones (excluding diaryl/α,β-unsaturated/α-hetero) is 1. The van der Waals surface area contributed by atoms with Crippen LogP contribution in [0.25, 0.3) is 5.57 Å². The molecular weight excluding hydrogens is 582 g/mol. The Kier molecular flexibility index (Phi) is 10.4. The van der Waals surface area contributed by atoms with Gasteiger partial charge in [-0.15, -0.1) is 0 Å². The highest BCUT2D eigenvalue weighted by Gasteiger charge is 2.28. The van der Waals surface area contributed by atoms with Gasteiger partial charge in [-0.25, -0.2) is 4.79 Å². The van der Waals surface area contributed by atoms with Crippen LogP contribution in [-0.4, -0.2) is 89.3 Å². The van der Waals surface area contributed by atoms with E-state index in [1.165, 1.54) is 21.3 Å². The van der Waals surface area contributed by atoms with E-state index in [0.29, 0.717) is 71.0 Å². The number of allylic oxidation sites excluding steroid dienone is 1. The standard InChI is InChI=1S/C34H37NO10/c1-39-25-9-5-22(6-10-25)31(36)26(30(34(37)38)23-7-11-27-29(20-23)45-21-44-27)19-24-8-12-28(40-2)33(41-3)32(24)43-16-4-13-35-14-17-42-18-15-35/h5-12,20H,4,13-19,21H2,1-3H3,(H,37,38)/b30-26+. The number of fused-ring (bicyclic) bond motifs is 1. The predicted molar refractivity (Wildman–Crippen MR) is 165 cm³/mol. The zero-order chi connectivity index (χ0) is 31.8. The van der Waals surface area contributed by atoms with E-state index < -0.39 is 11.8 Å². The molecule has 1 saturated heterocycles. The van der Waals surface area contributed by atoms with Crippen molar-refractivity contribution in [3.63, 3.8) is 0 Å². The number of carbonyl (C=O) groups is 2. The summed E-state index contributed by atoms with van der Waals surface area (Å²) in [7, 11) is 4.57. The van der Waals surface area contributed by atoms with Crippen molar-refractivity contribution >= 4 is 17.3 Å². The Hall–Kier alpha value is -4.74.